The number of hydrogen-bond donors (Lipinski definition) is 0. The first-order valence-electron chi connectivity index (χ1n) is 7.61. The van der Waals surface area contributed by atoms with Crippen LogP contribution >= 0.6 is 11.8 Å². The third kappa shape index (κ3) is 3.00. The second-order valence-corrected chi connectivity index (χ2v) is 6.43. The van der Waals surface area contributed by atoms with Crippen LogP contribution in [0, 0.1) is 6.92 Å². The van der Waals surface area contributed by atoms with Gasteiger partial charge in [0.1, 0.15) is 0 Å². The predicted molar refractivity (Wildman–Crippen MR) is 94.8 cm³/mol. The Morgan fingerprint density at radius 2 is 1.88 bits per heavy atom. The minimum Gasteiger partial charge on any atom is -0.264 e. The quantitative estimate of drug-likeness (QED) is 0.532. The van der Waals surface area contributed by atoms with Gasteiger partial charge in [0.25, 0.3) is 0 Å². The Labute approximate surface area is 143 Å². The normalized spacial score (nSPS) is 11.0. The van der Waals surface area contributed by atoms with Gasteiger partial charge in [0.2, 0.25) is 5.16 Å². The maximum Gasteiger partial charge on any atom is 0.212 e. The summed E-state index contributed by atoms with van der Waals surface area (Å²) in [4.78, 5) is 4.14. The smallest absolute Gasteiger partial charge is 0.212 e. The van der Waals surface area contributed by atoms with E-state index >= 15 is 0 Å². The van der Waals surface area contributed by atoms with Gasteiger partial charge in [0, 0.05) is 23.7 Å². The summed E-state index contributed by atoms with van der Waals surface area (Å²) in [6, 6.07) is 16.2. The molecule has 0 saturated heterocycles. The highest BCUT2D eigenvalue weighted by Gasteiger charge is 2.09. The summed E-state index contributed by atoms with van der Waals surface area (Å²) < 4.78 is 1.80. The molecule has 24 heavy (non-hydrogen) atoms. The van der Waals surface area contributed by atoms with Gasteiger partial charge in [0.05, 0.1) is 5.69 Å². The first kappa shape index (κ1) is 14.8. The van der Waals surface area contributed by atoms with Gasteiger partial charge in [0.15, 0.2) is 5.65 Å². The van der Waals surface area contributed by atoms with Gasteiger partial charge >= 0.3 is 0 Å². The van der Waals surface area contributed by atoms with Crippen molar-refractivity contribution < 1.29 is 0 Å². The molecule has 0 atom stereocenters. The van der Waals surface area contributed by atoms with E-state index in [4.69, 9.17) is 5.10 Å². The predicted octanol–water partition coefficient (Wildman–Crippen LogP) is 3.79. The number of nitrogens with zero attached hydrogens (tertiary/aromatic N) is 5. The van der Waals surface area contributed by atoms with Gasteiger partial charge in [-0.05, 0) is 30.7 Å². The summed E-state index contributed by atoms with van der Waals surface area (Å²) in [5.74, 6) is 0.783. The molecular weight excluding hydrogens is 318 g/mol. The largest absolute Gasteiger partial charge is 0.264 e. The molecule has 6 heteroatoms. The van der Waals surface area contributed by atoms with Gasteiger partial charge in [-0.3, -0.25) is 4.98 Å². The molecule has 0 aliphatic heterocycles. The van der Waals surface area contributed by atoms with Crippen molar-refractivity contribution in [1.29, 1.82) is 0 Å². The summed E-state index contributed by atoms with van der Waals surface area (Å²) in [6.45, 7) is 2.08. The Morgan fingerprint density at radius 1 is 1.00 bits per heavy atom. The summed E-state index contributed by atoms with van der Waals surface area (Å²) in [5.41, 5.74) is 5.12. The van der Waals surface area contributed by atoms with Gasteiger partial charge in [-0.25, -0.2) is 0 Å². The van der Waals surface area contributed by atoms with Crippen LogP contribution in [0.25, 0.3) is 16.9 Å². The molecule has 3 heterocycles. The molecule has 0 radical (unpaired) electrons. The number of aryl methyl sites for hydroxylation is 1. The van der Waals surface area contributed by atoms with E-state index in [2.05, 4.69) is 46.4 Å². The fraction of sp³-hybridized carbons (Fsp3) is 0.111. The van der Waals surface area contributed by atoms with E-state index in [1.54, 1.807) is 22.5 Å². The van der Waals surface area contributed by atoms with E-state index in [9.17, 15) is 0 Å². The molecule has 0 N–H and O–H groups in total. The van der Waals surface area contributed by atoms with Crippen molar-refractivity contribution in [3.8, 4) is 11.3 Å². The Morgan fingerprint density at radius 3 is 2.67 bits per heavy atom. The molecule has 0 amide bonds. The highest BCUT2D eigenvalue weighted by molar-refractivity contribution is 7.98. The van der Waals surface area contributed by atoms with E-state index in [-0.39, 0.29) is 0 Å². The summed E-state index contributed by atoms with van der Waals surface area (Å²) in [5, 5.41) is 13.9. The molecule has 0 unspecified atom stereocenters. The summed E-state index contributed by atoms with van der Waals surface area (Å²) in [6.07, 6.45) is 3.64. The van der Waals surface area contributed by atoms with Crippen molar-refractivity contribution in [2.75, 3.05) is 0 Å². The van der Waals surface area contributed by atoms with Crippen LogP contribution in [-0.2, 0) is 5.75 Å². The number of aromatic nitrogens is 5. The van der Waals surface area contributed by atoms with Crippen molar-refractivity contribution >= 4 is 17.4 Å². The molecule has 0 spiro atoms. The minimum atomic E-state index is 0.750. The van der Waals surface area contributed by atoms with Crippen LogP contribution in [-0.4, -0.2) is 24.8 Å². The maximum atomic E-state index is 4.70. The molecular formula is C18H15N5S. The van der Waals surface area contributed by atoms with Gasteiger partial charge in [-0.1, -0.05) is 47.7 Å². The SMILES string of the molecule is Cc1ccc(-c2ccc3nnc(SCc4cccnc4)n3n2)cc1. The first-order chi connectivity index (χ1) is 11.8. The maximum absolute atomic E-state index is 4.70. The number of thioether (sulfide) groups is 1. The molecule has 0 aliphatic carbocycles. The lowest BCUT2D eigenvalue weighted by Gasteiger charge is -2.04. The molecule has 0 aliphatic rings. The first-order valence-corrected chi connectivity index (χ1v) is 8.59. The number of hydrogen-bond acceptors (Lipinski definition) is 5. The highest BCUT2D eigenvalue weighted by Crippen LogP contribution is 2.23. The second-order valence-electron chi connectivity index (χ2n) is 5.49. The van der Waals surface area contributed by atoms with E-state index in [0.717, 1.165) is 33.4 Å². The summed E-state index contributed by atoms with van der Waals surface area (Å²) in [7, 11) is 0. The number of rotatable bonds is 4. The zero-order chi connectivity index (χ0) is 16.4. The fourth-order valence-corrected chi connectivity index (χ4v) is 3.19. The van der Waals surface area contributed by atoms with Crippen LogP contribution in [0.4, 0.5) is 0 Å². The van der Waals surface area contributed by atoms with E-state index in [0.29, 0.717) is 0 Å². The highest BCUT2D eigenvalue weighted by atomic mass is 32.2. The van der Waals surface area contributed by atoms with Crippen LogP contribution in [0.15, 0.2) is 66.1 Å². The van der Waals surface area contributed by atoms with E-state index in [1.165, 1.54) is 5.56 Å². The van der Waals surface area contributed by atoms with Gasteiger partial charge in [-0.2, -0.15) is 9.61 Å². The molecule has 4 rings (SSSR count). The molecule has 0 fully saturated rings. The monoisotopic (exact) mass is 333 g/mol. The van der Waals surface area contributed by atoms with Crippen molar-refractivity contribution in [2.24, 2.45) is 0 Å². The Hall–Kier alpha value is -2.73. The molecule has 3 aromatic heterocycles. The molecule has 5 nitrogen and oxygen atoms in total. The van der Waals surface area contributed by atoms with Crippen LogP contribution in [0.3, 0.4) is 0 Å². The number of fused-ring (bicyclic) bond motifs is 1. The summed E-state index contributed by atoms with van der Waals surface area (Å²) >= 11 is 1.60. The Bertz CT molecular complexity index is 964. The van der Waals surface area contributed by atoms with Crippen LogP contribution < -0.4 is 0 Å². The lowest BCUT2D eigenvalue weighted by Crippen LogP contribution is -1.96. The van der Waals surface area contributed by atoms with Crippen molar-refractivity contribution in [3.63, 3.8) is 0 Å². The lowest BCUT2D eigenvalue weighted by atomic mass is 10.1. The molecule has 0 bridgehead atoms. The van der Waals surface area contributed by atoms with Crippen molar-refractivity contribution in [1.82, 2.24) is 24.8 Å². The number of benzene rings is 1. The van der Waals surface area contributed by atoms with Crippen LogP contribution in [0.1, 0.15) is 11.1 Å². The standard InChI is InChI=1S/C18H15N5S/c1-13-4-6-15(7-5-13)16-8-9-17-20-21-18(23(17)22-16)24-12-14-3-2-10-19-11-14/h2-11H,12H2,1H3. The Kier molecular flexibility index (Phi) is 3.96. The van der Waals surface area contributed by atoms with Gasteiger partial charge < -0.3 is 0 Å². The molecule has 118 valence electrons. The third-order valence-corrected chi connectivity index (χ3v) is 4.66. The van der Waals surface area contributed by atoms with Crippen LogP contribution in [0.2, 0.25) is 0 Å². The molecule has 4 aromatic rings. The molecule has 1 aromatic carbocycles. The van der Waals surface area contributed by atoms with E-state index < -0.39 is 0 Å². The zero-order valence-electron chi connectivity index (χ0n) is 13.1. The van der Waals surface area contributed by atoms with Crippen LogP contribution in [0.5, 0.6) is 0 Å². The topological polar surface area (TPSA) is 56.0 Å². The second kappa shape index (κ2) is 6.41. The van der Waals surface area contributed by atoms with Gasteiger partial charge in [-0.15, -0.1) is 10.2 Å². The molecule has 0 saturated carbocycles. The minimum absolute atomic E-state index is 0.750. The Balaban J connectivity index is 1.64. The lowest BCUT2D eigenvalue weighted by molar-refractivity contribution is 0.812. The zero-order valence-corrected chi connectivity index (χ0v) is 13.9. The van der Waals surface area contributed by atoms with Crippen molar-refractivity contribution in [3.05, 3.63) is 72.1 Å². The number of pyridine rings is 1. The fourth-order valence-electron chi connectivity index (χ4n) is 2.37. The van der Waals surface area contributed by atoms with E-state index in [1.807, 2.05) is 30.5 Å². The van der Waals surface area contributed by atoms with Crippen molar-refractivity contribution in [2.45, 2.75) is 17.8 Å². The average Bonchev–Trinajstić information content (AvgIpc) is 3.04. The third-order valence-electron chi connectivity index (χ3n) is 3.67. The average molecular weight is 333 g/mol.